The Morgan fingerprint density at radius 3 is 2.50 bits per heavy atom. The monoisotopic (exact) mass is 333 g/mol. The Labute approximate surface area is 121 Å². The number of fused-ring (bicyclic) bond motifs is 1. The summed E-state index contributed by atoms with van der Waals surface area (Å²) in [5.41, 5.74) is 6.00. The second-order valence-electron chi connectivity index (χ2n) is 4.23. The van der Waals surface area contributed by atoms with Gasteiger partial charge in [-0.25, -0.2) is 0 Å². The lowest BCUT2D eigenvalue weighted by Crippen LogP contribution is -2.24. The van der Waals surface area contributed by atoms with Crippen LogP contribution in [0, 0.1) is 0 Å². The van der Waals surface area contributed by atoms with Gasteiger partial charge in [0.05, 0.1) is 16.8 Å². The molecule has 0 radical (unpaired) electrons. The van der Waals surface area contributed by atoms with Gasteiger partial charge in [0.1, 0.15) is 5.82 Å². The molecule has 0 bridgehead atoms. The first kappa shape index (κ1) is 12.6. The summed E-state index contributed by atoms with van der Waals surface area (Å²) in [7, 11) is 0. The van der Waals surface area contributed by atoms with Gasteiger partial charge in [-0.05, 0) is 28.1 Å². The zero-order valence-electron chi connectivity index (χ0n) is 10.0. The average molecular weight is 334 g/mol. The predicted molar refractivity (Wildman–Crippen MR) is 75.9 cm³/mol. The van der Waals surface area contributed by atoms with Crippen LogP contribution in [0.15, 0.2) is 39.6 Å². The molecule has 2 aromatic rings. The third kappa shape index (κ3) is 1.67. The zero-order valence-corrected chi connectivity index (χ0v) is 11.6. The van der Waals surface area contributed by atoms with E-state index in [1.165, 1.54) is 4.57 Å². The maximum atomic E-state index is 12.2. The number of nitrogens with one attached hydrogen (secondary N) is 1. The third-order valence-corrected chi connectivity index (χ3v) is 3.72. The number of hydrogen-bond donors (Lipinski definition) is 2. The normalized spacial score (nSPS) is 13.2. The Hall–Kier alpha value is -2.41. The van der Waals surface area contributed by atoms with Crippen LogP contribution in [0.5, 0.6) is 0 Å². The Morgan fingerprint density at radius 2 is 1.80 bits per heavy atom. The lowest BCUT2D eigenvalue weighted by molar-refractivity contribution is 0.0880. The number of nitrogen functional groups attached to an aromatic ring is 1. The van der Waals surface area contributed by atoms with E-state index in [1.807, 2.05) is 0 Å². The summed E-state index contributed by atoms with van der Waals surface area (Å²) in [6, 6.07) is 8.08. The van der Waals surface area contributed by atoms with Crippen molar-refractivity contribution in [1.29, 1.82) is 0 Å². The fourth-order valence-corrected chi connectivity index (χ4v) is 2.62. The van der Waals surface area contributed by atoms with Crippen LogP contribution in [0.25, 0.3) is 5.69 Å². The number of hydrogen-bond acceptors (Lipinski definition) is 4. The molecule has 1 aromatic heterocycles. The van der Waals surface area contributed by atoms with Gasteiger partial charge in [-0.15, -0.1) is 0 Å². The second kappa shape index (κ2) is 4.31. The number of para-hydroxylation sites is 1. The summed E-state index contributed by atoms with van der Waals surface area (Å²) in [6.07, 6.45) is 0. The molecule has 0 spiro atoms. The zero-order chi connectivity index (χ0) is 14.4. The molecule has 3 N–H and O–H groups in total. The molecule has 6 nitrogen and oxygen atoms in total. The van der Waals surface area contributed by atoms with Crippen molar-refractivity contribution in [2.24, 2.45) is 0 Å². The van der Waals surface area contributed by atoms with Crippen LogP contribution >= 0.6 is 15.9 Å². The van der Waals surface area contributed by atoms with Gasteiger partial charge in [-0.1, -0.05) is 12.1 Å². The first-order valence-corrected chi connectivity index (χ1v) is 6.46. The van der Waals surface area contributed by atoms with Gasteiger partial charge >= 0.3 is 0 Å². The first-order valence-electron chi connectivity index (χ1n) is 5.67. The van der Waals surface area contributed by atoms with Crippen LogP contribution in [-0.2, 0) is 0 Å². The van der Waals surface area contributed by atoms with Crippen molar-refractivity contribution in [3.63, 3.8) is 0 Å². The molecule has 0 fully saturated rings. The Morgan fingerprint density at radius 1 is 1.10 bits per heavy atom. The molecule has 7 heteroatoms. The topological polar surface area (TPSA) is 94.2 Å². The molecule has 0 saturated heterocycles. The molecule has 3 rings (SSSR count). The van der Waals surface area contributed by atoms with Crippen LogP contribution in [0.3, 0.4) is 0 Å². The van der Waals surface area contributed by atoms with Gasteiger partial charge in [-0.3, -0.25) is 24.3 Å². The molecule has 100 valence electrons. The van der Waals surface area contributed by atoms with E-state index in [4.69, 9.17) is 5.73 Å². The SMILES string of the molecule is Nc1c2c(cc(=O)n1-c1ccccc1Br)C(=O)NC2=O. The Balaban J connectivity index is 2.38. The van der Waals surface area contributed by atoms with Crippen molar-refractivity contribution in [3.05, 3.63) is 56.3 Å². The standard InChI is InChI=1S/C13H8BrN3O3/c14-7-3-1-2-4-8(7)17-9(18)5-6-10(11(17)15)13(20)16-12(6)19/h1-5H,15H2,(H,16,19,20). The minimum Gasteiger partial charge on any atom is -0.384 e. The highest BCUT2D eigenvalue weighted by atomic mass is 79.9. The van der Waals surface area contributed by atoms with Crippen LogP contribution in [0.4, 0.5) is 5.82 Å². The van der Waals surface area contributed by atoms with E-state index < -0.39 is 17.4 Å². The van der Waals surface area contributed by atoms with Crippen LogP contribution < -0.4 is 16.6 Å². The number of amides is 2. The average Bonchev–Trinajstić information content (AvgIpc) is 2.67. The highest BCUT2D eigenvalue weighted by Gasteiger charge is 2.31. The molecule has 0 saturated carbocycles. The number of anilines is 1. The second-order valence-corrected chi connectivity index (χ2v) is 5.08. The number of pyridine rings is 1. The van der Waals surface area contributed by atoms with Crippen LogP contribution in [-0.4, -0.2) is 16.4 Å². The molecule has 20 heavy (non-hydrogen) atoms. The molecule has 2 heterocycles. The summed E-state index contributed by atoms with van der Waals surface area (Å²) in [5, 5.41) is 2.12. The molecule has 1 aliphatic heterocycles. The number of benzene rings is 1. The van der Waals surface area contributed by atoms with E-state index in [0.717, 1.165) is 6.07 Å². The van der Waals surface area contributed by atoms with Crippen LogP contribution in [0.1, 0.15) is 20.7 Å². The van der Waals surface area contributed by atoms with Gasteiger partial charge < -0.3 is 5.73 Å². The van der Waals surface area contributed by atoms with Gasteiger partial charge in [0.15, 0.2) is 0 Å². The van der Waals surface area contributed by atoms with Gasteiger partial charge in [-0.2, -0.15) is 0 Å². The molecular weight excluding hydrogens is 326 g/mol. The molecule has 1 aromatic carbocycles. The van der Waals surface area contributed by atoms with E-state index in [1.54, 1.807) is 24.3 Å². The molecular formula is C13H8BrN3O3. The highest BCUT2D eigenvalue weighted by Crippen LogP contribution is 2.26. The number of carbonyl (C=O) groups excluding carboxylic acids is 2. The maximum Gasteiger partial charge on any atom is 0.262 e. The smallest absolute Gasteiger partial charge is 0.262 e. The highest BCUT2D eigenvalue weighted by molar-refractivity contribution is 9.10. The van der Waals surface area contributed by atoms with Gasteiger partial charge in [0.25, 0.3) is 17.4 Å². The van der Waals surface area contributed by atoms with E-state index in [0.29, 0.717) is 10.2 Å². The van der Waals surface area contributed by atoms with Crippen LogP contribution in [0.2, 0.25) is 0 Å². The van der Waals surface area contributed by atoms with Crippen molar-refractivity contribution >= 4 is 33.6 Å². The third-order valence-electron chi connectivity index (χ3n) is 3.05. The van der Waals surface area contributed by atoms with E-state index in [-0.39, 0.29) is 16.9 Å². The summed E-state index contributed by atoms with van der Waals surface area (Å²) in [4.78, 5) is 35.5. The number of nitrogens with two attached hydrogens (primary N) is 1. The number of nitrogens with zero attached hydrogens (tertiary/aromatic N) is 1. The number of rotatable bonds is 1. The van der Waals surface area contributed by atoms with Crippen molar-refractivity contribution < 1.29 is 9.59 Å². The lowest BCUT2D eigenvalue weighted by Gasteiger charge is -2.13. The molecule has 0 aliphatic carbocycles. The van der Waals surface area contributed by atoms with Crippen molar-refractivity contribution in [3.8, 4) is 5.69 Å². The van der Waals surface area contributed by atoms with Crippen molar-refractivity contribution in [2.75, 3.05) is 5.73 Å². The fraction of sp³-hybridized carbons (Fsp3) is 0. The van der Waals surface area contributed by atoms with Crippen molar-refractivity contribution in [2.45, 2.75) is 0 Å². The lowest BCUT2D eigenvalue weighted by atomic mass is 10.1. The summed E-state index contributed by atoms with van der Waals surface area (Å²) in [6.45, 7) is 0. The molecule has 2 amide bonds. The number of aromatic nitrogens is 1. The van der Waals surface area contributed by atoms with E-state index in [9.17, 15) is 14.4 Å². The predicted octanol–water partition coefficient (Wildman–Crippen LogP) is 1.07. The van der Waals surface area contributed by atoms with Crippen molar-refractivity contribution in [1.82, 2.24) is 9.88 Å². The summed E-state index contributed by atoms with van der Waals surface area (Å²) < 4.78 is 1.85. The molecule has 1 aliphatic rings. The van der Waals surface area contributed by atoms with Gasteiger partial charge in [0, 0.05) is 10.5 Å². The Bertz CT molecular complexity index is 826. The fourth-order valence-electron chi connectivity index (χ4n) is 2.16. The quantitative estimate of drug-likeness (QED) is 0.763. The molecule has 0 unspecified atom stereocenters. The first-order chi connectivity index (χ1) is 9.50. The minimum absolute atomic E-state index is 0.0146. The summed E-state index contributed by atoms with van der Waals surface area (Å²) >= 11 is 3.33. The van der Waals surface area contributed by atoms with Gasteiger partial charge in [0.2, 0.25) is 0 Å². The van der Waals surface area contributed by atoms with E-state index >= 15 is 0 Å². The summed E-state index contributed by atoms with van der Waals surface area (Å²) in [5.74, 6) is -1.25. The minimum atomic E-state index is -0.604. The maximum absolute atomic E-state index is 12.2. The largest absolute Gasteiger partial charge is 0.384 e. The number of carbonyl (C=O) groups is 2. The molecule has 0 atom stereocenters. The Kier molecular flexibility index (Phi) is 2.72. The van der Waals surface area contributed by atoms with E-state index in [2.05, 4.69) is 21.2 Å². The number of halogens is 1. The number of imide groups is 1.